The fourth-order valence-corrected chi connectivity index (χ4v) is 5.25. The highest BCUT2D eigenvalue weighted by Gasteiger charge is 2.45. The summed E-state index contributed by atoms with van der Waals surface area (Å²) in [5.41, 5.74) is 0.751. The number of carbonyl (C=O) groups is 3. The summed E-state index contributed by atoms with van der Waals surface area (Å²) in [4.78, 5) is 45.6. The molecule has 1 aromatic heterocycles. The minimum absolute atomic E-state index is 0.154. The molecule has 1 atom stereocenters. The SMILES string of the molecule is CC(C)C(C(=O)N1CCN(Cc2ccc(Cl)s2)CC1)N1C(=O)c2ccccc2C1=O. The molecule has 158 valence electrons. The van der Waals surface area contributed by atoms with E-state index in [1.165, 1.54) is 4.88 Å². The summed E-state index contributed by atoms with van der Waals surface area (Å²) in [6.45, 7) is 7.20. The quantitative estimate of drug-likeness (QED) is 0.662. The Morgan fingerprint density at radius 1 is 1.00 bits per heavy atom. The normalized spacial score (nSPS) is 18.3. The van der Waals surface area contributed by atoms with E-state index in [0.717, 1.165) is 28.9 Å². The average Bonchev–Trinajstić information content (AvgIpc) is 3.25. The van der Waals surface area contributed by atoms with E-state index < -0.39 is 6.04 Å². The van der Waals surface area contributed by atoms with Gasteiger partial charge in [0.25, 0.3) is 11.8 Å². The molecule has 2 aromatic rings. The minimum atomic E-state index is -0.792. The third kappa shape index (κ3) is 3.89. The molecule has 30 heavy (non-hydrogen) atoms. The number of halogens is 1. The lowest BCUT2D eigenvalue weighted by Gasteiger charge is -2.38. The lowest BCUT2D eigenvalue weighted by molar-refractivity contribution is -0.138. The molecule has 0 bridgehead atoms. The van der Waals surface area contributed by atoms with E-state index in [4.69, 9.17) is 11.6 Å². The van der Waals surface area contributed by atoms with Crippen molar-refractivity contribution >= 4 is 40.7 Å². The molecule has 2 aliphatic heterocycles. The molecule has 0 saturated carbocycles. The monoisotopic (exact) mass is 445 g/mol. The number of piperazine rings is 1. The van der Waals surface area contributed by atoms with Crippen LogP contribution in [0.4, 0.5) is 0 Å². The highest BCUT2D eigenvalue weighted by molar-refractivity contribution is 7.16. The molecule has 0 N–H and O–H groups in total. The van der Waals surface area contributed by atoms with Gasteiger partial charge in [0.05, 0.1) is 15.5 Å². The summed E-state index contributed by atoms with van der Waals surface area (Å²) in [6, 6.07) is 9.90. The number of rotatable bonds is 5. The maximum Gasteiger partial charge on any atom is 0.262 e. The van der Waals surface area contributed by atoms with Crippen molar-refractivity contribution in [3.8, 4) is 0 Å². The molecule has 3 amide bonds. The predicted molar refractivity (Wildman–Crippen MR) is 117 cm³/mol. The van der Waals surface area contributed by atoms with Crippen molar-refractivity contribution in [1.29, 1.82) is 0 Å². The maximum absolute atomic E-state index is 13.4. The van der Waals surface area contributed by atoms with Crippen LogP contribution in [0.1, 0.15) is 39.4 Å². The third-order valence-corrected chi connectivity index (χ3v) is 6.90. The van der Waals surface area contributed by atoms with Gasteiger partial charge < -0.3 is 4.90 Å². The number of hydrogen-bond acceptors (Lipinski definition) is 5. The second-order valence-electron chi connectivity index (χ2n) is 8.02. The summed E-state index contributed by atoms with van der Waals surface area (Å²) in [5.74, 6) is -1.09. The minimum Gasteiger partial charge on any atom is -0.338 e. The van der Waals surface area contributed by atoms with Gasteiger partial charge in [-0.1, -0.05) is 37.6 Å². The fourth-order valence-electron chi connectivity index (χ4n) is 4.12. The molecule has 1 unspecified atom stereocenters. The first kappa shape index (κ1) is 21.0. The van der Waals surface area contributed by atoms with E-state index in [1.807, 2.05) is 26.0 Å². The Morgan fingerprint density at radius 3 is 2.10 bits per heavy atom. The summed E-state index contributed by atoms with van der Waals surface area (Å²) < 4.78 is 0.777. The molecule has 0 spiro atoms. The first-order valence-corrected chi connectivity index (χ1v) is 11.3. The molecule has 2 aliphatic rings. The Hall–Kier alpha value is -2.22. The van der Waals surface area contributed by atoms with E-state index in [0.29, 0.717) is 24.2 Å². The van der Waals surface area contributed by atoms with Crippen molar-refractivity contribution < 1.29 is 14.4 Å². The number of hydrogen-bond donors (Lipinski definition) is 0. The van der Waals surface area contributed by atoms with Gasteiger partial charge in [0.2, 0.25) is 5.91 Å². The Kier molecular flexibility index (Phi) is 5.95. The molecule has 8 heteroatoms. The van der Waals surface area contributed by atoms with Gasteiger partial charge >= 0.3 is 0 Å². The smallest absolute Gasteiger partial charge is 0.262 e. The van der Waals surface area contributed by atoms with Crippen molar-refractivity contribution in [2.75, 3.05) is 26.2 Å². The first-order chi connectivity index (χ1) is 14.4. The third-order valence-electron chi connectivity index (χ3n) is 5.68. The largest absolute Gasteiger partial charge is 0.338 e. The second kappa shape index (κ2) is 8.49. The fraction of sp³-hybridized carbons (Fsp3) is 0.409. The van der Waals surface area contributed by atoms with Crippen molar-refractivity contribution in [2.24, 2.45) is 5.92 Å². The topological polar surface area (TPSA) is 60.9 Å². The van der Waals surface area contributed by atoms with Crippen LogP contribution in [0.15, 0.2) is 36.4 Å². The van der Waals surface area contributed by atoms with E-state index in [2.05, 4.69) is 4.90 Å². The van der Waals surface area contributed by atoms with Crippen LogP contribution in [-0.2, 0) is 11.3 Å². The van der Waals surface area contributed by atoms with Crippen molar-refractivity contribution in [1.82, 2.24) is 14.7 Å². The number of nitrogens with zero attached hydrogens (tertiary/aromatic N) is 3. The van der Waals surface area contributed by atoms with Crippen LogP contribution in [-0.4, -0.2) is 64.6 Å². The second-order valence-corrected chi connectivity index (χ2v) is 9.82. The molecule has 1 aromatic carbocycles. The van der Waals surface area contributed by atoms with E-state index in [1.54, 1.807) is 40.5 Å². The van der Waals surface area contributed by atoms with Crippen molar-refractivity contribution in [3.05, 3.63) is 56.7 Å². The van der Waals surface area contributed by atoms with Crippen molar-refractivity contribution in [3.63, 3.8) is 0 Å². The van der Waals surface area contributed by atoms with Gasteiger partial charge in [-0.15, -0.1) is 11.3 Å². The molecule has 1 fully saturated rings. The average molecular weight is 446 g/mol. The van der Waals surface area contributed by atoms with Gasteiger partial charge in [-0.2, -0.15) is 0 Å². The summed E-state index contributed by atoms with van der Waals surface area (Å²) in [6.07, 6.45) is 0. The van der Waals surface area contributed by atoms with E-state index >= 15 is 0 Å². The number of fused-ring (bicyclic) bond motifs is 1. The van der Waals surface area contributed by atoms with Gasteiger partial charge in [-0.25, -0.2) is 0 Å². The lowest BCUT2D eigenvalue weighted by Crippen LogP contribution is -2.57. The Morgan fingerprint density at radius 2 is 1.60 bits per heavy atom. The van der Waals surface area contributed by atoms with Crippen LogP contribution in [0.2, 0.25) is 4.34 Å². The van der Waals surface area contributed by atoms with E-state index in [-0.39, 0.29) is 23.6 Å². The maximum atomic E-state index is 13.4. The summed E-state index contributed by atoms with van der Waals surface area (Å²) in [5, 5.41) is 0. The van der Waals surface area contributed by atoms with Crippen LogP contribution in [0.3, 0.4) is 0 Å². The highest BCUT2D eigenvalue weighted by atomic mass is 35.5. The first-order valence-electron chi connectivity index (χ1n) is 10.1. The van der Waals surface area contributed by atoms with Crippen LogP contribution in [0.25, 0.3) is 0 Å². The van der Waals surface area contributed by atoms with Gasteiger partial charge in [0.15, 0.2) is 0 Å². The Balaban J connectivity index is 1.45. The van der Waals surface area contributed by atoms with Crippen LogP contribution in [0.5, 0.6) is 0 Å². The van der Waals surface area contributed by atoms with Gasteiger partial charge in [-0.05, 0) is 30.2 Å². The number of imide groups is 1. The van der Waals surface area contributed by atoms with E-state index in [9.17, 15) is 14.4 Å². The predicted octanol–water partition coefficient (Wildman–Crippen LogP) is 3.37. The van der Waals surface area contributed by atoms with Crippen LogP contribution < -0.4 is 0 Å². The Labute approximate surface area is 185 Å². The molecular weight excluding hydrogens is 422 g/mol. The molecule has 3 heterocycles. The van der Waals surface area contributed by atoms with Crippen molar-refractivity contribution in [2.45, 2.75) is 26.4 Å². The lowest BCUT2D eigenvalue weighted by atomic mass is 10.0. The Bertz CT molecular complexity index is 947. The molecule has 1 saturated heterocycles. The number of thiophene rings is 1. The number of carbonyl (C=O) groups excluding carboxylic acids is 3. The van der Waals surface area contributed by atoms with Gasteiger partial charge in [0, 0.05) is 37.6 Å². The zero-order chi connectivity index (χ0) is 21.4. The highest BCUT2D eigenvalue weighted by Crippen LogP contribution is 2.28. The number of amides is 3. The van der Waals surface area contributed by atoms with Crippen LogP contribution in [0, 0.1) is 5.92 Å². The summed E-state index contributed by atoms with van der Waals surface area (Å²) in [7, 11) is 0. The molecule has 6 nitrogen and oxygen atoms in total. The summed E-state index contributed by atoms with van der Waals surface area (Å²) >= 11 is 7.58. The van der Waals surface area contributed by atoms with Gasteiger partial charge in [-0.3, -0.25) is 24.2 Å². The standard InChI is InChI=1S/C22H24ClN3O3S/c1-14(2)19(26-20(27)16-5-3-4-6-17(16)21(26)28)22(29)25-11-9-24(10-12-25)13-15-7-8-18(23)30-15/h3-8,14,19H,9-13H2,1-2H3. The number of benzene rings is 1. The molecular formula is C22H24ClN3O3S. The zero-order valence-electron chi connectivity index (χ0n) is 17.0. The molecule has 4 rings (SSSR count). The molecule has 0 radical (unpaired) electrons. The van der Waals surface area contributed by atoms with Crippen LogP contribution >= 0.6 is 22.9 Å². The van der Waals surface area contributed by atoms with Gasteiger partial charge in [0.1, 0.15) is 6.04 Å². The molecule has 0 aliphatic carbocycles. The zero-order valence-corrected chi connectivity index (χ0v) is 18.6.